The third kappa shape index (κ3) is 4.06. The lowest BCUT2D eigenvalue weighted by atomic mass is 10.0. The quantitative estimate of drug-likeness (QED) is 0.633. The summed E-state index contributed by atoms with van der Waals surface area (Å²) in [6, 6.07) is 7.40. The molecule has 6 heteroatoms. The number of hydrogen-bond acceptors (Lipinski definition) is 4. The van der Waals surface area contributed by atoms with E-state index in [2.05, 4.69) is 21.4 Å². The van der Waals surface area contributed by atoms with Gasteiger partial charge in [-0.05, 0) is 25.0 Å². The van der Waals surface area contributed by atoms with E-state index >= 15 is 0 Å². The van der Waals surface area contributed by atoms with E-state index < -0.39 is 15.1 Å². The Morgan fingerprint density at radius 2 is 2.00 bits per heavy atom. The summed E-state index contributed by atoms with van der Waals surface area (Å²) < 4.78 is 24.0. The first-order valence-corrected chi connectivity index (χ1v) is 7.99. The zero-order chi connectivity index (χ0) is 13.1. The monoisotopic (exact) mass is 320 g/mol. The van der Waals surface area contributed by atoms with Crippen LogP contribution in [0.2, 0.25) is 0 Å². The molecule has 0 radical (unpaired) electrons. The molecule has 0 aliphatic carbocycles. The molecule has 3 N–H and O–H groups in total. The first-order valence-electron chi connectivity index (χ1n) is 5.24. The van der Waals surface area contributed by atoms with Crippen LogP contribution in [0.5, 0.6) is 0 Å². The molecule has 0 saturated heterocycles. The van der Waals surface area contributed by atoms with Gasteiger partial charge in [-0.3, -0.25) is 11.3 Å². The first-order chi connectivity index (χ1) is 7.86. The second kappa shape index (κ2) is 5.95. The minimum atomic E-state index is -3.10. The Morgan fingerprint density at radius 3 is 2.47 bits per heavy atom. The van der Waals surface area contributed by atoms with E-state index in [1.54, 1.807) is 6.92 Å². The smallest absolute Gasteiger partial charge is 0.151 e. The van der Waals surface area contributed by atoms with Gasteiger partial charge in [0.1, 0.15) is 0 Å². The minimum absolute atomic E-state index is 0.302. The van der Waals surface area contributed by atoms with Crippen molar-refractivity contribution in [2.75, 3.05) is 6.26 Å². The molecule has 0 aliphatic rings. The van der Waals surface area contributed by atoms with Crippen molar-refractivity contribution in [1.82, 2.24) is 5.43 Å². The Hall–Kier alpha value is -0.430. The van der Waals surface area contributed by atoms with Crippen LogP contribution < -0.4 is 11.3 Å². The number of benzene rings is 1. The van der Waals surface area contributed by atoms with Crippen LogP contribution in [0.3, 0.4) is 0 Å². The Kier molecular flexibility index (Phi) is 5.12. The van der Waals surface area contributed by atoms with E-state index in [0.717, 1.165) is 10.0 Å². The molecular weight excluding hydrogens is 304 g/mol. The van der Waals surface area contributed by atoms with Gasteiger partial charge in [-0.1, -0.05) is 34.1 Å². The van der Waals surface area contributed by atoms with Gasteiger partial charge in [-0.15, -0.1) is 0 Å². The molecule has 4 nitrogen and oxygen atoms in total. The third-order valence-electron chi connectivity index (χ3n) is 2.85. The average molecular weight is 321 g/mol. The van der Waals surface area contributed by atoms with E-state index in [9.17, 15) is 8.42 Å². The van der Waals surface area contributed by atoms with Gasteiger partial charge in [0.2, 0.25) is 0 Å². The molecule has 17 heavy (non-hydrogen) atoms. The Labute approximate surface area is 111 Å². The number of sulfone groups is 1. The summed E-state index contributed by atoms with van der Waals surface area (Å²) in [5, 5.41) is -0.528. The highest BCUT2D eigenvalue weighted by molar-refractivity contribution is 9.10. The average Bonchev–Trinajstić information content (AvgIpc) is 2.26. The number of hydrogen-bond donors (Lipinski definition) is 2. The van der Waals surface area contributed by atoms with Crippen molar-refractivity contribution in [2.45, 2.75) is 24.6 Å². The van der Waals surface area contributed by atoms with Crippen LogP contribution in [0.4, 0.5) is 0 Å². The molecule has 0 fully saturated rings. The zero-order valence-electron chi connectivity index (χ0n) is 9.85. The van der Waals surface area contributed by atoms with Crippen LogP contribution in [0.25, 0.3) is 0 Å². The molecule has 96 valence electrons. The van der Waals surface area contributed by atoms with Crippen LogP contribution in [0.1, 0.15) is 12.5 Å². The molecule has 0 saturated carbocycles. The molecule has 2 atom stereocenters. The molecule has 0 heterocycles. The van der Waals surface area contributed by atoms with Crippen LogP contribution in [-0.4, -0.2) is 26.0 Å². The van der Waals surface area contributed by atoms with E-state index in [0.29, 0.717) is 6.42 Å². The summed E-state index contributed by atoms with van der Waals surface area (Å²) in [5.74, 6) is 5.44. The summed E-state index contributed by atoms with van der Waals surface area (Å²) >= 11 is 3.44. The highest BCUT2D eigenvalue weighted by Crippen LogP contribution is 2.19. The molecule has 0 aliphatic heterocycles. The third-order valence-corrected chi connectivity index (χ3v) is 5.31. The maximum absolute atomic E-state index is 11.5. The van der Waals surface area contributed by atoms with Crippen LogP contribution in [0.15, 0.2) is 28.7 Å². The SMILES string of the molecule is CC(C(Cc1ccccc1Br)NN)S(C)(=O)=O. The maximum Gasteiger partial charge on any atom is 0.151 e. The van der Waals surface area contributed by atoms with Crippen molar-refractivity contribution >= 4 is 25.8 Å². The van der Waals surface area contributed by atoms with Crippen molar-refractivity contribution in [2.24, 2.45) is 5.84 Å². The number of hydrazine groups is 1. The standard InChI is InChI=1S/C11H17BrN2O2S/c1-8(17(2,15)16)11(14-13)7-9-5-3-4-6-10(9)12/h3-6,8,11,14H,7,13H2,1-2H3. The zero-order valence-corrected chi connectivity index (χ0v) is 12.3. The largest absolute Gasteiger partial charge is 0.271 e. The molecule has 0 spiro atoms. The van der Waals surface area contributed by atoms with Crippen LogP contribution in [-0.2, 0) is 16.3 Å². The first kappa shape index (κ1) is 14.6. The van der Waals surface area contributed by atoms with Gasteiger partial charge in [0, 0.05) is 16.8 Å². The summed E-state index contributed by atoms with van der Waals surface area (Å²) in [5.41, 5.74) is 3.62. The lowest BCUT2D eigenvalue weighted by molar-refractivity contribution is 0.493. The van der Waals surface area contributed by atoms with Gasteiger partial charge in [0.05, 0.1) is 5.25 Å². The number of nitrogens with one attached hydrogen (secondary N) is 1. The normalized spacial score (nSPS) is 15.5. The molecule has 2 unspecified atom stereocenters. The second-order valence-electron chi connectivity index (χ2n) is 4.10. The van der Waals surface area contributed by atoms with E-state index in [1.807, 2.05) is 24.3 Å². The Bertz CT molecular complexity index is 476. The lowest BCUT2D eigenvalue weighted by Gasteiger charge is -2.22. The van der Waals surface area contributed by atoms with Gasteiger partial charge in [0.25, 0.3) is 0 Å². The van der Waals surface area contributed by atoms with Crippen LogP contribution in [0, 0.1) is 0 Å². The Morgan fingerprint density at radius 1 is 1.41 bits per heavy atom. The predicted molar refractivity (Wildman–Crippen MR) is 73.3 cm³/mol. The number of nitrogens with two attached hydrogens (primary N) is 1. The predicted octanol–water partition coefficient (Wildman–Crippen LogP) is 1.26. The highest BCUT2D eigenvalue weighted by Gasteiger charge is 2.25. The lowest BCUT2D eigenvalue weighted by Crippen LogP contribution is -2.47. The molecule has 1 rings (SSSR count). The van der Waals surface area contributed by atoms with E-state index in [1.165, 1.54) is 6.26 Å². The molecule has 0 aromatic heterocycles. The minimum Gasteiger partial charge on any atom is -0.271 e. The summed E-state index contributed by atoms with van der Waals surface area (Å²) in [4.78, 5) is 0. The molecule has 0 bridgehead atoms. The van der Waals surface area contributed by atoms with Crippen molar-refractivity contribution in [3.63, 3.8) is 0 Å². The van der Waals surface area contributed by atoms with Crippen molar-refractivity contribution < 1.29 is 8.42 Å². The second-order valence-corrected chi connectivity index (χ2v) is 7.36. The molecule has 1 aromatic carbocycles. The molecule has 1 aromatic rings. The van der Waals surface area contributed by atoms with Gasteiger partial charge in [-0.2, -0.15) is 0 Å². The summed E-state index contributed by atoms with van der Waals surface area (Å²) in [7, 11) is -3.10. The summed E-state index contributed by atoms with van der Waals surface area (Å²) in [6.45, 7) is 1.66. The topological polar surface area (TPSA) is 72.2 Å². The van der Waals surface area contributed by atoms with Gasteiger partial charge in [-0.25, -0.2) is 8.42 Å². The maximum atomic E-state index is 11.5. The Balaban J connectivity index is 2.88. The molecule has 0 amide bonds. The van der Waals surface area contributed by atoms with E-state index in [4.69, 9.17) is 5.84 Å². The van der Waals surface area contributed by atoms with Crippen molar-refractivity contribution in [1.29, 1.82) is 0 Å². The van der Waals surface area contributed by atoms with Gasteiger partial charge in [0.15, 0.2) is 9.84 Å². The van der Waals surface area contributed by atoms with E-state index in [-0.39, 0.29) is 6.04 Å². The fraction of sp³-hybridized carbons (Fsp3) is 0.455. The van der Waals surface area contributed by atoms with Crippen molar-refractivity contribution in [3.05, 3.63) is 34.3 Å². The van der Waals surface area contributed by atoms with Crippen LogP contribution >= 0.6 is 15.9 Å². The number of rotatable bonds is 5. The molecular formula is C11H17BrN2O2S. The van der Waals surface area contributed by atoms with Gasteiger partial charge < -0.3 is 0 Å². The highest BCUT2D eigenvalue weighted by atomic mass is 79.9. The van der Waals surface area contributed by atoms with Gasteiger partial charge >= 0.3 is 0 Å². The fourth-order valence-electron chi connectivity index (χ4n) is 1.56. The number of halogens is 1. The van der Waals surface area contributed by atoms with Crippen molar-refractivity contribution in [3.8, 4) is 0 Å². The summed E-state index contributed by atoms with van der Waals surface area (Å²) in [6.07, 6.45) is 1.79. The fourth-order valence-corrected chi connectivity index (χ4v) is 2.78.